The number of nitrogens with zero attached hydrogens (tertiary/aromatic N) is 3. The Morgan fingerprint density at radius 3 is 2.48 bits per heavy atom. The van der Waals surface area contributed by atoms with Crippen molar-refractivity contribution in [3.63, 3.8) is 0 Å². The van der Waals surface area contributed by atoms with E-state index >= 15 is 0 Å². The van der Waals surface area contributed by atoms with Crippen LogP contribution < -0.4 is 11.1 Å². The maximum atomic E-state index is 12.5. The number of hydrogen-bond donors (Lipinski definition) is 3. The van der Waals surface area contributed by atoms with Gasteiger partial charge < -0.3 is 15.2 Å². The van der Waals surface area contributed by atoms with Crippen LogP contribution in [-0.4, -0.2) is 37.9 Å². The lowest BCUT2D eigenvalue weighted by molar-refractivity contribution is -0.139. The fourth-order valence-corrected chi connectivity index (χ4v) is 3.57. The Bertz CT molecular complexity index is 1230. The van der Waals surface area contributed by atoms with Gasteiger partial charge in [0.25, 0.3) is 5.91 Å². The Hall–Kier alpha value is -3.59. The number of fused-ring (bicyclic) bond motifs is 1. The van der Waals surface area contributed by atoms with Gasteiger partial charge in [0.05, 0.1) is 13.2 Å². The Labute approximate surface area is 192 Å². The average molecular weight is 446 g/mol. The first-order chi connectivity index (χ1) is 15.8. The van der Waals surface area contributed by atoms with E-state index < -0.39 is 17.7 Å². The fraction of sp³-hybridized carbons (Fsp3) is 0.240. The number of pyridine rings is 1. The molecule has 8 nitrogen and oxygen atoms in total. The molecule has 0 aliphatic heterocycles. The van der Waals surface area contributed by atoms with Crippen LogP contribution in [0.5, 0.6) is 0 Å². The number of hydrogen-bond acceptors (Lipinski definition) is 6. The van der Waals surface area contributed by atoms with E-state index in [-0.39, 0.29) is 6.61 Å². The Balaban J connectivity index is 1.69. The highest BCUT2D eigenvalue weighted by molar-refractivity contribution is 5.84. The third-order valence-electron chi connectivity index (χ3n) is 5.23. The molecule has 0 radical (unpaired) electrons. The van der Waals surface area contributed by atoms with Gasteiger partial charge in [-0.3, -0.25) is 14.9 Å². The van der Waals surface area contributed by atoms with Crippen LogP contribution in [0, 0.1) is 6.92 Å². The molecule has 1 amide bonds. The number of benzene rings is 2. The van der Waals surface area contributed by atoms with Crippen molar-refractivity contribution in [2.24, 2.45) is 5.73 Å². The predicted octanol–water partition coefficient (Wildman–Crippen LogP) is 2.75. The summed E-state index contributed by atoms with van der Waals surface area (Å²) >= 11 is 0. The minimum Gasteiger partial charge on any atom is -0.374 e. The van der Waals surface area contributed by atoms with Gasteiger partial charge in [0.15, 0.2) is 17.2 Å². The molecule has 8 heteroatoms. The maximum absolute atomic E-state index is 12.5. The van der Waals surface area contributed by atoms with E-state index in [0.717, 1.165) is 22.3 Å². The van der Waals surface area contributed by atoms with Crippen molar-refractivity contribution in [2.75, 3.05) is 6.61 Å². The standard InChI is InChI=1S/C25H27N5O3/c1-17-13-20(19-11-7-4-8-12-19)22-28-29-23(30(22)14-17)21(27-24(31)25(2,26)32)16-33-15-18-9-5-3-6-10-18/h3-14,21,32H,15-16,26H2,1-2H3,(H,27,31)/t21-,25?/m1/s1. The van der Waals surface area contributed by atoms with Crippen molar-refractivity contribution < 1.29 is 14.6 Å². The molecule has 0 bridgehead atoms. The molecule has 0 spiro atoms. The topological polar surface area (TPSA) is 115 Å². The Kier molecular flexibility index (Phi) is 6.50. The zero-order valence-electron chi connectivity index (χ0n) is 18.6. The van der Waals surface area contributed by atoms with Gasteiger partial charge in [0.1, 0.15) is 6.04 Å². The molecule has 2 heterocycles. The van der Waals surface area contributed by atoms with Gasteiger partial charge in [-0.15, -0.1) is 10.2 Å². The number of amides is 1. The minimum absolute atomic E-state index is 0.117. The highest BCUT2D eigenvalue weighted by Crippen LogP contribution is 2.27. The number of aliphatic hydroxyl groups is 1. The van der Waals surface area contributed by atoms with E-state index in [1.807, 2.05) is 84.3 Å². The number of aromatic nitrogens is 3. The summed E-state index contributed by atoms with van der Waals surface area (Å²) in [7, 11) is 0. The van der Waals surface area contributed by atoms with E-state index in [4.69, 9.17) is 10.5 Å². The molecule has 0 saturated heterocycles. The molecule has 4 N–H and O–H groups in total. The number of nitrogens with two attached hydrogens (primary N) is 1. The quantitative estimate of drug-likeness (QED) is 0.359. The van der Waals surface area contributed by atoms with E-state index in [2.05, 4.69) is 15.5 Å². The summed E-state index contributed by atoms with van der Waals surface area (Å²) in [4.78, 5) is 12.5. The van der Waals surface area contributed by atoms with Crippen molar-refractivity contribution in [3.05, 3.63) is 89.9 Å². The molecule has 0 aliphatic rings. The zero-order chi connectivity index (χ0) is 23.4. The molecule has 0 saturated carbocycles. The molecular weight excluding hydrogens is 418 g/mol. The molecule has 170 valence electrons. The normalized spacial score (nSPS) is 14.1. The number of aryl methyl sites for hydroxylation is 1. The zero-order valence-corrected chi connectivity index (χ0v) is 18.6. The lowest BCUT2D eigenvalue weighted by Gasteiger charge is -2.22. The maximum Gasteiger partial charge on any atom is 0.267 e. The molecule has 2 aromatic carbocycles. The predicted molar refractivity (Wildman–Crippen MR) is 125 cm³/mol. The molecular formula is C25H27N5O3. The van der Waals surface area contributed by atoms with Crippen molar-refractivity contribution in [1.82, 2.24) is 19.9 Å². The van der Waals surface area contributed by atoms with Gasteiger partial charge in [0, 0.05) is 11.8 Å². The smallest absolute Gasteiger partial charge is 0.267 e. The van der Waals surface area contributed by atoms with Crippen molar-refractivity contribution in [2.45, 2.75) is 32.2 Å². The fourth-order valence-electron chi connectivity index (χ4n) is 3.57. The van der Waals surface area contributed by atoms with Gasteiger partial charge in [-0.2, -0.15) is 0 Å². The average Bonchev–Trinajstić information content (AvgIpc) is 3.22. The number of nitrogens with one attached hydrogen (secondary N) is 1. The van der Waals surface area contributed by atoms with E-state index in [1.165, 1.54) is 6.92 Å². The third kappa shape index (κ3) is 5.25. The summed E-state index contributed by atoms with van der Waals surface area (Å²) in [6.07, 6.45) is 1.91. The van der Waals surface area contributed by atoms with E-state index in [1.54, 1.807) is 0 Å². The first-order valence-electron chi connectivity index (χ1n) is 10.7. The second-order valence-corrected chi connectivity index (χ2v) is 8.22. The molecule has 2 atom stereocenters. The minimum atomic E-state index is -2.04. The highest BCUT2D eigenvalue weighted by atomic mass is 16.5. The van der Waals surface area contributed by atoms with E-state index in [9.17, 15) is 9.90 Å². The summed E-state index contributed by atoms with van der Waals surface area (Å²) < 4.78 is 7.74. The molecule has 4 rings (SSSR count). The molecule has 1 unspecified atom stereocenters. The number of carbonyl (C=O) groups is 1. The highest BCUT2D eigenvalue weighted by Gasteiger charge is 2.30. The molecule has 33 heavy (non-hydrogen) atoms. The first kappa shape index (κ1) is 22.6. The van der Waals surface area contributed by atoms with Crippen LogP contribution in [0.1, 0.15) is 29.9 Å². The van der Waals surface area contributed by atoms with Gasteiger partial charge in [0.2, 0.25) is 0 Å². The van der Waals surface area contributed by atoms with Crippen LogP contribution in [0.2, 0.25) is 0 Å². The monoisotopic (exact) mass is 445 g/mol. The second kappa shape index (κ2) is 9.50. The number of carbonyl (C=O) groups excluding carboxylic acids is 1. The summed E-state index contributed by atoms with van der Waals surface area (Å²) in [6.45, 7) is 3.69. The summed E-state index contributed by atoms with van der Waals surface area (Å²) in [5, 5.41) is 21.5. The summed E-state index contributed by atoms with van der Waals surface area (Å²) in [6, 6.07) is 21.0. The van der Waals surface area contributed by atoms with E-state index in [0.29, 0.717) is 18.1 Å². The van der Waals surface area contributed by atoms with Crippen LogP contribution in [0.25, 0.3) is 16.8 Å². The largest absolute Gasteiger partial charge is 0.374 e. The second-order valence-electron chi connectivity index (χ2n) is 8.22. The summed E-state index contributed by atoms with van der Waals surface area (Å²) in [5.74, 6) is -0.250. The lowest BCUT2D eigenvalue weighted by atomic mass is 10.1. The van der Waals surface area contributed by atoms with Gasteiger partial charge in [-0.25, -0.2) is 0 Å². The first-order valence-corrected chi connectivity index (χ1v) is 10.7. The van der Waals surface area contributed by atoms with Crippen molar-refractivity contribution in [1.29, 1.82) is 0 Å². The molecule has 2 aromatic heterocycles. The molecule has 0 aliphatic carbocycles. The van der Waals surface area contributed by atoms with Crippen molar-refractivity contribution in [3.8, 4) is 11.1 Å². The van der Waals surface area contributed by atoms with Gasteiger partial charge >= 0.3 is 0 Å². The number of rotatable bonds is 8. The van der Waals surface area contributed by atoms with Crippen molar-refractivity contribution >= 4 is 11.6 Å². The lowest BCUT2D eigenvalue weighted by Crippen LogP contribution is -2.53. The Morgan fingerprint density at radius 2 is 1.82 bits per heavy atom. The SMILES string of the molecule is Cc1cc(-c2ccccc2)c2nnc([C@@H](COCc3ccccc3)NC(=O)C(C)(N)O)n2c1. The molecule has 0 fully saturated rings. The van der Waals surface area contributed by atoms with Gasteiger partial charge in [-0.1, -0.05) is 60.7 Å². The molecule has 4 aromatic rings. The van der Waals surface area contributed by atoms with Crippen LogP contribution >= 0.6 is 0 Å². The number of ether oxygens (including phenoxy) is 1. The van der Waals surface area contributed by atoms with Crippen LogP contribution in [0.3, 0.4) is 0 Å². The van der Waals surface area contributed by atoms with Crippen LogP contribution in [0.15, 0.2) is 72.9 Å². The summed E-state index contributed by atoms with van der Waals surface area (Å²) in [5.41, 5.74) is 8.16. The van der Waals surface area contributed by atoms with Crippen LogP contribution in [0.4, 0.5) is 0 Å². The van der Waals surface area contributed by atoms with Gasteiger partial charge in [-0.05, 0) is 36.6 Å². The third-order valence-corrected chi connectivity index (χ3v) is 5.23. The Morgan fingerprint density at radius 1 is 1.15 bits per heavy atom. The van der Waals surface area contributed by atoms with Crippen LogP contribution in [-0.2, 0) is 16.1 Å².